The van der Waals surface area contributed by atoms with Gasteiger partial charge in [0.15, 0.2) is 0 Å². The Labute approximate surface area is 133 Å². The van der Waals surface area contributed by atoms with Crippen molar-refractivity contribution in [3.8, 4) is 0 Å². The van der Waals surface area contributed by atoms with E-state index in [1.165, 1.54) is 25.1 Å². The fourth-order valence-electron chi connectivity index (χ4n) is 2.76. The Morgan fingerprint density at radius 3 is 2.43 bits per heavy atom. The topological polar surface area (TPSA) is 52.6 Å². The van der Waals surface area contributed by atoms with Crippen LogP contribution in [0.2, 0.25) is 0 Å². The van der Waals surface area contributed by atoms with E-state index in [-0.39, 0.29) is 18.4 Å². The minimum atomic E-state index is -4.49. The van der Waals surface area contributed by atoms with Crippen molar-refractivity contribution in [2.24, 2.45) is 0 Å². The van der Waals surface area contributed by atoms with Crippen molar-refractivity contribution in [1.29, 1.82) is 0 Å². The number of hydrogen-bond acceptors (Lipinski definition) is 3. The molecule has 1 unspecified atom stereocenters. The second kappa shape index (κ2) is 6.49. The number of nitrogens with one attached hydrogen (secondary N) is 1. The van der Waals surface area contributed by atoms with Gasteiger partial charge in [-0.1, -0.05) is 18.2 Å². The molecule has 1 fully saturated rings. The molecule has 4 nitrogen and oxygen atoms in total. The van der Waals surface area contributed by atoms with Gasteiger partial charge in [0.1, 0.15) is 5.60 Å². The first-order chi connectivity index (χ1) is 10.6. The Balaban J connectivity index is 2.13. The highest BCUT2D eigenvalue weighted by molar-refractivity contribution is 5.85. The van der Waals surface area contributed by atoms with Crippen molar-refractivity contribution in [2.45, 2.75) is 37.6 Å². The number of carbonyl (C=O) groups is 1. The molecule has 1 amide bonds. The smallest absolute Gasteiger partial charge is 0.380 e. The molecule has 1 heterocycles. The number of carbonyl (C=O) groups excluding carboxylic acids is 1. The van der Waals surface area contributed by atoms with Gasteiger partial charge in [-0.25, -0.2) is 0 Å². The van der Waals surface area contributed by atoms with E-state index < -0.39 is 29.3 Å². The lowest BCUT2D eigenvalue weighted by molar-refractivity contribution is -0.146. The molecule has 2 N–H and O–H groups in total. The van der Waals surface area contributed by atoms with Crippen molar-refractivity contribution in [2.75, 3.05) is 20.1 Å². The summed E-state index contributed by atoms with van der Waals surface area (Å²) >= 11 is 0. The molecule has 1 atom stereocenters. The molecule has 0 spiro atoms. The zero-order valence-corrected chi connectivity index (χ0v) is 13.2. The van der Waals surface area contributed by atoms with E-state index in [1.54, 1.807) is 0 Å². The first-order valence-corrected chi connectivity index (χ1v) is 7.51. The molecule has 0 radical (unpaired) electrons. The van der Waals surface area contributed by atoms with Crippen LogP contribution in [0.25, 0.3) is 0 Å². The molecule has 1 aliphatic rings. The fraction of sp³-hybridized carbons (Fsp3) is 0.562. The monoisotopic (exact) mass is 330 g/mol. The van der Waals surface area contributed by atoms with E-state index in [1.807, 2.05) is 11.9 Å². The Morgan fingerprint density at radius 1 is 1.30 bits per heavy atom. The predicted octanol–water partition coefficient (Wildman–Crippen LogP) is 2.34. The molecular weight excluding hydrogens is 309 g/mol. The third-order valence-corrected chi connectivity index (χ3v) is 4.32. The molecule has 23 heavy (non-hydrogen) atoms. The largest absolute Gasteiger partial charge is 0.416 e. The van der Waals surface area contributed by atoms with Crippen LogP contribution in [0.1, 0.15) is 36.9 Å². The normalized spacial score (nSPS) is 20.1. The van der Waals surface area contributed by atoms with Crippen LogP contribution in [0, 0.1) is 0 Å². The number of likely N-dealkylation sites (tertiary alicyclic amines) is 1. The Bertz CT molecular complexity index is 567. The van der Waals surface area contributed by atoms with E-state index in [0.29, 0.717) is 13.1 Å². The maximum Gasteiger partial charge on any atom is 0.416 e. The summed E-state index contributed by atoms with van der Waals surface area (Å²) in [5.74, 6) is -0.616. The molecule has 0 aromatic heterocycles. The summed E-state index contributed by atoms with van der Waals surface area (Å²) in [6.45, 7) is 2.62. The standard InChI is InChI=1S/C16H21F3N2O2/c1-11(12-5-3-4-6-13(12)16(17,18)19)20-14(22)15(23)7-9-21(2)10-8-15/h3-6,11,23H,7-10H2,1-2H3,(H,20,22). The summed E-state index contributed by atoms with van der Waals surface area (Å²) in [5.41, 5.74) is -2.30. The van der Waals surface area contributed by atoms with Gasteiger partial charge in [0.25, 0.3) is 5.91 Å². The number of aliphatic hydroxyl groups is 1. The Morgan fingerprint density at radius 2 is 1.87 bits per heavy atom. The molecule has 128 valence electrons. The minimum Gasteiger partial charge on any atom is -0.380 e. The Hall–Kier alpha value is -1.60. The van der Waals surface area contributed by atoms with E-state index >= 15 is 0 Å². The van der Waals surface area contributed by atoms with Crippen LogP contribution in [0.3, 0.4) is 0 Å². The second-order valence-electron chi connectivity index (χ2n) is 6.12. The second-order valence-corrected chi connectivity index (χ2v) is 6.12. The van der Waals surface area contributed by atoms with E-state index in [9.17, 15) is 23.1 Å². The zero-order valence-electron chi connectivity index (χ0n) is 13.2. The molecule has 1 aromatic carbocycles. The number of benzene rings is 1. The van der Waals surface area contributed by atoms with E-state index in [4.69, 9.17) is 0 Å². The number of halogens is 3. The maximum absolute atomic E-state index is 13.1. The summed E-state index contributed by atoms with van der Waals surface area (Å²) < 4.78 is 39.2. The fourth-order valence-corrected chi connectivity index (χ4v) is 2.76. The number of piperidine rings is 1. The number of amides is 1. The first kappa shape index (κ1) is 17.7. The summed E-state index contributed by atoms with van der Waals surface area (Å²) in [4.78, 5) is 14.3. The summed E-state index contributed by atoms with van der Waals surface area (Å²) in [6.07, 6.45) is -3.95. The molecule has 0 bridgehead atoms. The third kappa shape index (κ3) is 4.03. The van der Waals surface area contributed by atoms with Crippen LogP contribution in [-0.4, -0.2) is 41.7 Å². The van der Waals surface area contributed by atoms with Crippen LogP contribution in [-0.2, 0) is 11.0 Å². The summed E-state index contributed by atoms with van der Waals surface area (Å²) in [7, 11) is 1.89. The van der Waals surface area contributed by atoms with Crippen LogP contribution in [0.5, 0.6) is 0 Å². The van der Waals surface area contributed by atoms with Gasteiger partial charge in [-0.05, 0) is 38.4 Å². The van der Waals surface area contributed by atoms with Gasteiger partial charge in [-0.15, -0.1) is 0 Å². The lowest BCUT2D eigenvalue weighted by Crippen LogP contribution is -2.53. The van der Waals surface area contributed by atoms with Crippen molar-refractivity contribution in [3.05, 3.63) is 35.4 Å². The number of rotatable bonds is 3. The van der Waals surface area contributed by atoms with Crippen molar-refractivity contribution in [1.82, 2.24) is 10.2 Å². The highest BCUT2D eigenvalue weighted by Gasteiger charge is 2.40. The maximum atomic E-state index is 13.1. The molecule has 0 saturated carbocycles. The summed E-state index contributed by atoms with van der Waals surface area (Å²) in [6, 6.07) is 4.29. The average Bonchev–Trinajstić information content (AvgIpc) is 2.49. The van der Waals surface area contributed by atoms with Crippen molar-refractivity contribution < 1.29 is 23.1 Å². The zero-order chi connectivity index (χ0) is 17.3. The van der Waals surface area contributed by atoms with Gasteiger partial charge >= 0.3 is 6.18 Å². The van der Waals surface area contributed by atoms with Crippen molar-refractivity contribution in [3.63, 3.8) is 0 Å². The Kier molecular flexibility index (Phi) is 5.01. The molecule has 2 rings (SSSR count). The summed E-state index contributed by atoms with van der Waals surface area (Å²) in [5, 5.41) is 12.9. The average molecular weight is 330 g/mol. The molecule has 7 heteroatoms. The van der Waals surface area contributed by atoms with Gasteiger partial charge in [0, 0.05) is 13.1 Å². The van der Waals surface area contributed by atoms with Gasteiger partial charge in [0.05, 0.1) is 11.6 Å². The molecular formula is C16H21F3N2O2. The lowest BCUT2D eigenvalue weighted by Gasteiger charge is -2.36. The van der Waals surface area contributed by atoms with E-state index in [0.717, 1.165) is 6.07 Å². The highest BCUT2D eigenvalue weighted by atomic mass is 19.4. The molecule has 1 aliphatic heterocycles. The third-order valence-electron chi connectivity index (χ3n) is 4.32. The van der Waals surface area contributed by atoms with Crippen LogP contribution in [0.4, 0.5) is 13.2 Å². The SMILES string of the molecule is CC(NC(=O)C1(O)CCN(C)CC1)c1ccccc1C(F)(F)F. The quantitative estimate of drug-likeness (QED) is 0.894. The van der Waals surface area contributed by atoms with Crippen LogP contribution in [0.15, 0.2) is 24.3 Å². The molecule has 1 aromatic rings. The van der Waals surface area contributed by atoms with Crippen molar-refractivity contribution >= 4 is 5.91 Å². The van der Waals surface area contributed by atoms with Crippen LogP contribution < -0.4 is 5.32 Å². The van der Waals surface area contributed by atoms with E-state index in [2.05, 4.69) is 5.32 Å². The first-order valence-electron chi connectivity index (χ1n) is 7.51. The van der Waals surface area contributed by atoms with Gasteiger partial charge in [-0.3, -0.25) is 4.79 Å². The lowest BCUT2D eigenvalue weighted by atomic mass is 9.90. The minimum absolute atomic E-state index is 0.00937. The number of alkyl halides is 3. The van der Waals surface area contributed by atoms with Gasteiger partial charge in [-0.2, -0.15) is 13.2 Å². The number of hydrogen-bond donors (Lipinski definition) is 2. The molecule has 1 saturated heterocycles. The molecule has 0 aliphatic carbocycles. The van der Waals surface area contributed by atoms with Crippen LogP contribution >= 0.6 is 0 Å². The highest BCUT2D eigenvalue weighted by Crippen LogP contribution is 2.34. The number of nitrogens with zero attached hydrogens (tertiary/aromatic N) is 1. The predicted molar refractivity (Wildman–Crippen MR) is 79.7 cm³/mol. The van der Waals surface area contributed by atoms with Gasteiger partial charge < -0.3 is 15.3 Å². The van der Waals surface area contributed by atoms with Gasteiger partial charge in [0.2, 0.25) is 0 Å².